The van der Waals surface area contributed by atoms with E-state index in [0.717, 1.165) is 11.1 Å². The second kappa shape index (κ2) is 10.9. The molecule has 0 spiro atoms. The topological polar surface area (TPSA) is 105 Å². The number of carbonyl (C=O) groups excluding carboxylic acids is 3. The summed E-state index contributed by atoms with van der Waals surface area (Å²) < 4.78 is 0.417. The van der Waals surface area contributed by atoms with Crippen molar-refractivity contribution in [2.24, 2.45) is 28.5 Å². The Labute approximate surface area is 208 Å². The molecule has 1 unspecified atom stereocenters. The molecule has 7 nitrogen and oxygen atoms in total. The van der Waals surface area contributed by atoms with E-state index in [4.69, 9.17) is 10.7 Å². The van der Waals surface area contributed by atoms with Gasteiger partial charge in [-0.05, 0) is 18.4 Å². The number of hydrogen-bond acceptors (Lipinski definition) is 4. The fourth-order valence-corrected chi connectivity index (χ4v) is 5.08. The summed E-state index contributed by atoms with van der Waals surface area (Å²) in [5.74, 6) is -2.35. The van der Waals surface area contributed by atoms with Gasteiger partial charge in [0.15, 0.2) is 0 Å². The average Bonchev–Trinajstić information content (AvgIpc) is 2.90. The third-order valence-corrected chi connectivity index (χ3v) is 6.70. The van der Waals surface area contributed by atoms with Gasteiger partial charge in [0, 0.05) is 22.6 Å². The van der Waals surface area contributed by atoms with Gasteiger partial charge in [0.1, 0.15) is 0 Å². The molecule has 3 atom stereocenters. The summed E-state index contributed by atoms with van der Waals surface area (Å²) in [5, 5.41) is 2.82. The number of amides is 3. The number of nitrogens with one attached hydrogen (secondary N) is 1. The Hall–Kier alpha value is -2.75. The average molecular weight is 560 g/mol. The number of nitrogens with zero attached hydrogens (tertiary/aromatic N) is 2. The van der Waals surface area contributed by atoms with Crippen LogP contribution in [0.25, 0.3) is 0 Å². The maximum Gasteiger partial charge on any atom is 0.272 e. The maximum absolute atomic E-state index is 13.4. The van der Waals surface area contributed by atoms with E-state index < -0.39 is 29.8 Å². The summed E-state index contributed by atoms with van der Waals surface area (Å²) >= 11 is 2.07. The SMILES string of the molecule is CC(C)CC(C(=O)N[C@H]1N=C(c2ccccc2)c2ccccc2N(C)C1=O)[C@H](CI)C(N)=O. The number of likely N-dealkylation sites (N-methyl/N-ethyl adjacent to an activating group) is 1. The van der Waals surface area contributed by atoms with Crippen molar-refractivity contribution in [1.82, 2.24) is 5.32 Å². The predicted octanol–water partition coefficient (Wildman–Crippen LogP) is 3.14. The number of aliphatic imine (C=N–C) groups is 1. The number of carbonyl (C=O) groups is 3. The molecule has 33 heavy (non-hydrogen) atoms. The molecule has 3 N–H and O–H groups in total. The number of nitrogens with two attached hydrogens (primary N) is 1. The lowest BCUT2D eigenvalue weighted by molar-refractivity contribution is -0.135. The van der Waals surface area contributed by atoms with Crippen molar-refractivity contribution < 1.29 is 14.4 Å². The highest BCUT2D eigenvalue weighted by atomic mass is 127. The van der Waals surface area contributed by atoms with Gasteiger partial charge in [-0.2, -0.15) is 0 Å². The van der Waals surface area contributed by atoms with Crippen LogP contribution in [0.4, 0.5) is 5.69 Å². The van der Waals surface area contributed by atoms with E-state index in [2.05, 4.69) is 27.9 Å². The molecule has 0 bridgehead atoms. The van der Waals surface area contributed by atoms with Crippen LogP contribution in [0.2, 0.25) is 0 Å². The molecular weight excluding hydrogens is 531 g/mol. The van der Waals surface area contributed by atoms with Crippen LogP contribution in [0.5, 0.6) is 0 Å². The third-order valence-electron chi connectivity index (χ3n) is 5.75. The molecule has 1 aliphatic heterocycles. The van der Waals surface area contributed by atoms with Crippen LogP contribution in [0.15, 0.2) is 59.6 Å². The maximum atomic E-state index is 13.4. The van der Waals surface area contributed by atoms with E-state index in [0.29, 0.717) is 22.2 Å². The molecule has 0 radical (unpaired) electrons. The second-order valence-electron chi connectivity index (χ2n) is 8.57. The van der Waals surface area contributed by atoms with Gasteiger partial charge in [0.25, 0.3) is 5.91 Å². The Kier molecular flexibility index (Phi) is 8.23. The number of benzodiazepines with no additional fused rings is 1. The predicted molar refractivity (Wildman–Crippen MR) is 138 cm³/mol. The van der Waals surface area contributed by atoms with Crippen LogP contribution < -0.4 is 16.0 Å². The molecule has 0 saturated carbocycles. The number of para-hydroxylation sites is 1. The highest BCUT2D eigenvalue weighted by molar-refractivity contribution is 14.1. The molecule has 2 aromatic carbocycles. The van der Waals surface area contributed by atoms with E-state index in [9.17, 15) is 14.4 Å². The van der Waals surface area contributed by atoms with Crippen LogP contribution in [-0.4, -0.2) is 41.1 Å². The first-order valence-corrected chi connectivity index (χ1v) is 12.4. The largest absolute Gasteiger partial charge is 0.369 e. The zero-order valence-corrected chi connectivity index (χ0v) is 21.2. The third kappa shape index (κ3) is 5.61. The van der Waals surface area contributed by atoms with E-state index in [1.54, 1.807) is 7.05 Å². The lowest BCUT2D eigenvalue weighted by atomic mass is 9.85. The van der Waals surface area contributed by atoms with Gasteiger partial charge in [-0.25, -0.2) is 4.99 Å². The Balaban J connectivity index is 2.03. The minimum absolute atomic E-state index is 0.172. The summed E-state index contributed by atoms with van der Waals surface area (Å²) in [6.45, 7) is 3.97. The van der Waals surface area contributed by atoms with Crippen LogP contribution in [0, 0.1) is 17.8 Å². The van der Waals surface area contributed by atoms with E-state index >= 15 is 0 Å². The molecular formula is C25H29IN4O3. The van der Waals surface area contributed by atoms with Gasteiger partial charge < -0.3 is 16.0 Å². The molecule has 174 valence electrons. The van der Waals surface area contributed by atoms with Crippen LogP contribution in [-0.2, 0) is 14.4 Å². The van der Waals surface area contributed by atoms with Crippen molar-refractivity contribution in [2.45, 2.75) is 26.4 Å². The van der Waals surface area contributed by atoms with Crippen molar-refractivity contribution in [3.05, 3.63) is 65.7 Å². The minimum Gasteiger partial charge on any atom is -0.369 e. The van der Waals surface area contributed by atoms with Crippen molar-refractivity contribution in [2.75, 3.05) is 16.4 Å². The normalized spacial score (nSPS) is 17.6. The molecule has 1 heterocycles. The highest BCUT2D eigenvalue weighted by Crippen LogP contribution is 2.28. The Morgan fingerprint density at radius 3 is 2.33 bits per heavy atom. The molecule has 3 amide bonds. The number of halogens is 1. The minimum atomic E-state index is -1.12. The van der Waals surface area contributed by atoms with Gasteiger partial charge in [0.2, 0.25) is 18.0 Å². The number of rotatable bonds is 8. The van der Waals surface area contributed by atoms with Crippen molar-refractivity contribution in [3.8, 4) is 0 Å². The van der Waals surface area contributed by atoms with Crippen LogP contribution in [0.1, 0.15) is 31.4 Å². The number of anilines is 1. The van der Waals surface area contributed by atoms with E-state index in [1.807, 2.05) is 68.4 Å². The first-order chi connectivity index (χ1) is 15.7. The number of primary amides is 1. The Bertz CT molecular complexity index is 1050. The molecule has 2 aromatic rings. The zero-order chi connectivity index (χ0) is 24.1. The second-order valence-corrected chi connectivity index (χ2v) is 9.45. The van der Waals surface area contributed by atoms with Gasteiger partial charge >= 0.3 is 0 Å². The lowest BCUT2D eigenvalue weighted by Crippen LogP contribution is -2.50. The smallest absolute Gasteiger partial charge is 0.272 e. The summed E-state index contributed by atoms with van der Waals surface area (Å²) in [6.07, 6.45) is -0.642. The van der Waals surface area contributed by atoms with Crippen molar-refractivity contribution in [3.63, 3.8) is 0 Å². The number of benzene rings is 2. The fraction of sp³-hybridized carbons (Fsp3) is 0.360. The standard InChI is InChI=1S/C25H29IN4O3/c1-15(2)13-18(19(14-26)22(27)31)24(32)29-23-25(33)30(3)20-12-8-7-11-17(20)21(28-23)16-9-5-4-6-10-16/h4-12,15,18-19,23H,13-14H2,1-3H3,(H2,27,31)(H,29,32)/t18?,19-,23+/m0/s1. The number of hydrogen-bond donors (Lipinski definition) is 2. The first-order valence-electron chi connectivity index (χ1n) is 10.9. The van der Waals surface area contributed by atoms with Gasteiger partial charge in [0.05, 0.1) is 23.2 Å². The monoisotopic (exact) mass is 560 g/mol. The van der Waals surface area contributed by atoms with Crippen molar-refractivity contribution >= 4 is 51.7 Å². The number of alkyl halides is 1. The number of fused-ring (bicyclic) bond motifs is 1. The quantitative estimate of drug-likeness (QED) is 0.383. The van der Waals surface area contributed by atoms with Gasteiger partial charge in [-0.3, -0.25) is 14.4 Å². The summed E-state index contributed by atoms with van der Waals surface area (Å²) in [5.41, 5.74) is 8.57. The van der Waals surface area contributed by atoms with Gasteiger partial charge in [-0.1, -0.05) is 85.0 Å². The first kappa shape index (κ1) is 24.9. The molecule has 8 heteroatoms. The Morgan fingerprint density at radius 2 is 1.73 bits per heavy atom. The molecule has 3 rings (SSSR count). The van der Waals surface area contributed by atoms with Gasteiger partial charge in [-0.15, -0.1) is 0 Å². The molecule has 1 aliphatic rings. The summed E-state index contributed by atoms with van der Waals surface area (Å²) in [6, 6.07) is 17.1. The molecule has 0 aliphatic carbocycles. The van der Waals surface area contributed by atoms with E-state index in [-0.39, 0.29) is 11.8 Å². The zero-order valence-electron chi connectivity index (χ0n) is 19.0. The summed E-state index contributed by atoms with van der Waals surface area (Å²) in [7, 11) is 1.67. The summed E-state index contributed by atoms with van der Waals surface area (Å²) in [4.78, 5) is 45.0. The van der Waals surface area contributed by atoms with Crippen LogP contribution in [0.3, 0.4) is 0 Å². The highest BCUT2D eigenvalue weighted by Gasteiger charge is 2.36. The molecule has 0 aromatic heterocycles. The fourth-order valence-electron chi connectivity index (χ4n) is 4.03. The molecule has 0 fully saturated rings. The van der Waals surface area contributed by atoms with Crippen molar-refractivity contribution in [1.29, 1.82) is 0 Å². The Morgan fingerprint density at radius 1 is 1.09 bits per heavy atom. The molecule has 0 saturated heterocycles. The van der Waals surface area contributed by atoms with Crippen LogP contribution >= 0.6 is 22.6 Å². The lowest BCUT2D eigenvalue weighted by Gasteiger charge is -2.26. The van der Waals surface area contributed by atoms with E-state index in [1.165, 1.54) is 4.90 Å².